The summed E-state index contributed by atoms with van der Waals surface area (Å²) < 4.78 is 0.760. The maximum absolute atomic E-state index is 12.4. The van der Waals surface area contributed by atoms with E-state index in [-0.39, 0.29) is 5.91 Å². The van der Waals surface area contributed by atoms with Crippen LogP contribution in [0.1, 0.15) is 18.2 Å². The Kier molecular flexibility index (Phi) is 5.39. The first-order valence-corrected chi connectivity index (χ1v) is 9.33. The van der Waals surface area contributed by atoms with Crippen LogP contribution in [0.25, 0.3) is 0 Å². The van der Waals surface area contributed by atoms with Crippen LogP contribution < -0.4 is 0 Å². The molecule has 0 bridgehead atoms. The van der Waals surface area contributed by atoms with E-state index in [2.05, 4.69) is 16.7 Å². The van der Waals surface area contributed by atoms with Crippen molar-refractivity contribution in [2.75, 3.05) is 45.8 Å². The molecule has 3 heterocycles. The van der Waals surface area contributed by atoms with Gasteiger partial charge in [0.1, 0.15) is 0 Å². The molecule has 2 aliphatic rings. The van der Waals surface area contributed by atoms with Crippen LogP contribution in [0.3, 0.4) is 0 Å². The average molecular weight is 342 g/mol. The predicted octanol–water partition coefficient (Wildman–Crippen LogP) is 2.18. The lowest BCUT2D eigenvalue weighted by molar-refractivity contribution is -0.129. The number of thiophene rings is 1. The first-order chi connectivity index (χ1) is 10.7. The molecule has 2 saturated heterocycles. The molecule has 22 heavy (non-hydrogen) atoms. The van der Waals surface area contributed by atoms with Crippen molar-refractivity contribution in [3.63, 3.8) is 0 Å². The molecule has 0 radical (unpaired) electrons. The summed E-state index contributed by atoms with van der Waals surface area (Å²) in [5.41, 5.74) is 0. The molecule has 0 aliphatic carbocycles. The van der Waals surface area contributed by atoms with E-state index < -0.39 is 0 Å². The molecule has 6 heteroatoms. The molecule has 122 valence electrons. The Bertz CT molecular complexity index is 513. The van der Waals surface area contributed by atoms with Gasteiger partial charge in [0.2, 0.25) is 5.91 Å². The standard InChI is InChI=1S/C16H24ClN3OS/c1-2-18-7-9-19(10-8-18)13-5-6-20(12-13)16(21)11-14-3-4-15(17)22-14/h3-4,13H,2,5-12H2,1H3. The summed E-state index contributed by atoms with van der Waals surface area (Å²) in [6.07, 6.45) is 1.61. The zero-order chi connectivity index (χ0) is 15.5. The summed E-state index contributed by atoms with van der Waals surface area (Å²) >= 11 is 7.44. The number of halogens is 1. The number of likely N-dealkylation sites (tertiary alicyclic amines) is 1. The van der Waals surface area contributed by atoms with Gasteiger partial charge in [-0.25, -0.2) is 0 Å². The molecular formula is C16H24ClN3OS. The second kappa shape index (κ2) is 7.30. The molecule has 1 aromatic rings. The van der Waals surface area contributed by atoms with Gasteiger partial charge in [0.05, 0.1) is 10.8 Å². The third-order valence-corrected chi connectivity index (χ3v) is 6.07. The van der Waals surface area contributed by atoms with E-state index >= 15 is 0 Å². The number of likely N-dealkylation sites (N-methyl/N-ethyl adjacent to an activating group) is 1. The fourth-order valence-corrected chi connectivity index (χ4v) is 4.50. The highest BCUT2D eigenvalue weighted by Crippen LogP contribution is 2.23. The van der Waals surface area contributed by atoms with E-state index in [0.717, 1.165) is 61.4 Å². The molecule has 0 N–H and O–H groups in total. The monoisotopic (exact) mass is 341 g/mol. The normalized spacial score (nSPS) is 24.1. The third-order valence-electron chi connectivity index (χ3n) is 4.84. The van der Waals surface area contributed by atoms with Crippen LogP contribution in [-0.2, 0) is 11.2 Å². The van der Waals surface area contributed by atoms with E-state index in [9.17, 15) is 4.79 Å². The van der Waals surface area contributed by atoms with Gasteiger partial charge in [-0.2, -0.15) is 0 Å². The molecule has 1 atom stereocenters. The van der Waals surface area contributed by atoms with Gasteiger partial charge in [-0.1, -0.05) is 18.5 Å². The summed E-state index contributed by atoms with van der Waals surface area (Å²) in [6, 6.07) is 4.38. The zero-order valence-corrected chi connectivity index (χ0v) is 14.7. The van der Waals surface area contributed by atoms with Crippen molar-refractivity contribution >= 4 is 28.8 Å². The molecule has 0 spiro atoms. The SMILES string of the molecule is CCN1CCN(C2CCN(C(=O)Cc3ccc(Cl)s3)C2)CC1. The molecular weight excluding hydrogens is 318 g/mol. The highest BCUT2D eigenvalue weighted by Gasteiger charge is 2.31. The van der Waals surface area contributed by atoms with Gasteiger partial charge in [-0.3, -0.25) is 9.69 Å². The summed E-state index contributed by atoms with van der Waals surface area (Å²) in [4.78, 5) is 20.6. The van der Waals surface area contributed by atoms with Gasteiger partial charge in [0.15, 0.2) is 0 Å². The van der Waals surface area contributed by atoms with Crippen molar-refractivity contribution < 1.29 is 4.79 Å². The molecule has 2 aliphatic heterocycles. The first kappa shape index (κ1) is 16.2. The van der Waals surface area contributed by atoms with E-state index in [1.54, 1.807) is 0 Å². The minimum Gasteiger partial charge on any atom is -0.341 e. The molecule has 1 aromatic heterocycles. The molecule has 2 fully saturated rings. The lowest BCUT2D eigenvalue weighted by Gasteiger charge is -2.37. The van der Waals surface area contributed by atoms with Crippen LogP contribution in [0.4, 0.5) is 0 Å². The van der Waals surface area contributed by atoms with E-state index in [4.69, 9.17) is 11.6 Å². The van der Waals surface area contributed by atoms with Gasteiger partial charge in [0, 0.05) is 50.2 Å². The number of hydrogen-bond donors (Lipinski definition) is 0. The van der Waals surface area contributed by atoms with Crippen molar-refractivity contribution in [2.45, 2.75) is 25.8 Å². The first-order valence-electron chi connectivity index (χ1n) is 8.14. The molecule has 0 saturated carbocycles. The van der Waals surface area contributed by atoms with Crippen molar-refractivity contribution in [3.05, 3.63) is 21.3 Å². The summed E-state index contributed by atoms with van der Waals surface area (Å²) in [5.74, 6) is 0.244. The lowest BCUT2D eigenvalue weighted by atomic mass is 10.2. The van der Waals surface area contributed by atoms with Gasteiger partial charge >= 0.3 is 0 Å². The van der Waals surface area contributed by atoms with Crippen LogP contribution in [0.5, 0.6) is 0 Å². The molecule has 3 rings (SSSR count). The second-order valence-corrected chi connectivity index (χ2v) is 7.93. The average Bonchev–Trinajstić information content (AvgIpc) is 3.17. The molecule has 1 amide bonds. The van der Waals surface area contributed by atoms with Gasteiger partial charge in [-0.15, -0.1) is 11.3 Å². The highest BCUT2D eigenvalue weighted by atomic mass is 35.5. The van der Waals surface area contributed by atoms with E-state index in [1.165, 1.54) is 11.3 Å². The zero-order valence-electron chi connectivity index (χ0n) is 13.1. The van der Waals surface area contributed by atoms with E-state index in [1.807, 2.05) is 17.0 Å². The smallest absolute Gasteiger partial charge is 0.227 e. The minimum absolute atomic E-state index is 0.244. The predicted molar refractivity (Wildman–Crippen MR) is 91.7 cm³/mol. The Morgan fingerprint density at radius 3 is 2.68 bits per heavy atom. The van der Waals surface area contributed by atoms with Crippen molar-refractivity contribution in [3.8, 4) is 0 Å². The van der Waals surface area contributed by atoms with Crippen molar-refractivity contribution in [1.29, 1.82) is 0 Å². The Hall–Kier alpha value is -0.620. The number of nitrogens with zero attached hydrogens (tertiary/aromatic N) is 3. The molecule has 1 unspecified atom stereocenters. The number of rotatable bonds is 4. The second-order valence-electron chi connectivity index (χ2n) is 6.14. The summed E-state index contributed by atoms with van der Waals surface area (Å²) in [5, 5.41) is 0. The van der Waals surface area contributed by atoms with Gasteiger partial charge in [0.25, 0.3) is 0 Å². The molecule has 4 nitrogen and oxygen atoms in total. The number of carbonyl (C=O) groups is 1. The largest absolute Gasteiger partial charge is 0.341 e. The van der Waals surface area contributed by atoms with Crippen LogP contribution in [-0.4, -0.2) is 72.5 Å². The topological polar surface area (TPSA) is 26.8 Å². The minimum atomic E-state index is 0.244. The van der Waals surface area contributed by atoms with Crippen LogP contribution in [0.15, 0.2) is 12.1 Å². The Morgan fingerprint density at radius 2 is 2.05 bits per heavy atom. The Balaban J connectivity index is 1.48. The van der Waals surface area contributed by atoms with Crippen LogP contribution >= 0.6 is 22.9 Å². The van der Waals surface area contributed by atoms with Crippen molar-refractivity contribution in [1.82, 2.24) is 14.7 Å². The summed E-state index contributed by atoms with van der Waals surface area (Å²) in [7, 11) is 0. The maximum atomic E-state index is 12.4. The van der Waals surface area contributed by atoms with Crippen molar-refractivity contribution in [2.24, 2.45) is 0 Å². The molecule has 0 aromatic carbocycles. The van der Waals surface area contributed by atoms with Crippen LogP contribution in [0.2, 0.25) is 4.34 Å². The number of hydrogen-bond acceptors (Lipinski definition) is 4. The summed E-state index contributed by atoms with van der Waals surface area (Å²) in [6.45, 7) is 9.76. The number of amides is 1. The van der Waals surface area contributed by atoms with Gasteiger partial charge in [-0.05, 0) is 25.1 Å². The fraction of sp³-hybridized carbons (Fsp3) is 0.688. The van der Waals surface area contributed by atoms with E-state index in [0.29, 0.717) is 12.5 Å². The lowest BCUT2D eigenvalue weighted by Crippen LogP contribution is -2.51. The third kappa shape index (κ3) is 3.82. The fourth-order valence-electron chi connectivity index (χ4n) is 3.42. The quantitative estimate of drug-likeness (QED) is 0.840. The maximum Gasteiger partial charge on any atom is 0.227 e. The van der Waals surface area contributed by atoms with Crippen LogP contribution in [0, 0.1) is 0 Å². The number of piperazine rings is 1. The highest BCUT2D eigenvalue weighted by molar-refractivity contribution is 7.16. The Labute approximate surface area is 141 Å². The number of carbonyl (C=O) groups excluding carboxylic acids is 1. The van der Waals surface area contributed by atoms with Gasteiger partial charge < -0.3 is 9.80 Å². The Morgan fingerprint density at radius 1 is 1.27 bits per heavy atom.